The Bertz CT molecular complexity index is 285. The number of carbonyl (C=O) groups is 1. The van der Waals surface area contributed by atoms with Gasteiger partial charge in [-0.15, -0.1) is 0 Å². The van der Waals surface area contributed by atoms with E-state index in [1.165, 1.54) is 0 Å². The second kappa shape index (κ2) is 3.59. The maximum absolute atomic E-state index is 11.9. The fourth-order valence-corrected chi connectivity index (χ4v) is 1.78. The third kappa shape index (κ3) is 2.03. The lowest BCUT2D eigenvalue weighted by molar-refractivity contribution is -0.232. The lowest BCUT2D eigenvalue weighted by atomic mass is 9.75. The van der Waals surface area contributed by atoms with E-state index in [4.69, 9.17) is 27.9 Å². The van der Waals surface area contributed by atoms with Crippen LogP contribution in [-0.4, -0.2) is 27.1 Å². The Labute approximate surface area is 99.7 Å². The summed E-state index contributed by atoms with van der Waals surface area (Å²) in [7, 11) is 0. The van der Waals surface area contributed by atoms with Gasteiger partial charge in [-0.05, 0) is 12.3 Å². The number of carbonyl (C=O) groups excluding carboxylic acids is 1. The fraction of sp³-hybridized carbons (Fsp3) is 0.900. The Kier molecular flexibility index (Phi) is 3.17. The lowest BCUT2D eigenvalue weighted by Crippen LogP contribution is -2.48. The topological polar surface area (TPSA) is 46.5 Å². The van der Waals surface area contributed by atoms with Gasteiger partial charge in [-0.3, -0.25) is 4.79 Å². The molecule has 88 valence electrons. The zero-order valence-corrected chi connectivity index (χ0v) is 10.8. The molecule has 1 aliphatic rings. The number of aliphatic hydroxyl groups is 1. The lowest BCUT2D eigenvalue weighted by Gasteiger charge is -2.38. The Morgan fingerprint density at radius 3 is 2.13 bits per heavy atom. The molecule has 1 aliphatic heterocycles. The molecule has 0 aromatic heterocycles. The standard InChI is InChI=1S/C10H16Cl2O3/c1-8(2,3)9(4)6(13)5-10(14,15-9)7(11)12/h7,14H,5H2,1-4H3/t9-,10-/m0/s1. The van der Waals surface area contributed by atoms with Gasteiger partial charge in [0.1, 0.15) is 5.60 Å². The number of ether oxygens (including phenoxy) is 1. The maximum Gasteiger partial charge on any atom is 0.204 e. The number of ketones is 1. The maximum atomic E-state index is 11.9. The number of Topliss-reactive ketones (excluding diaryl/α,β-unsaturated/α-hetero) is 1. The minimum atomic E-state index is -1.76. The summed E-state index contributed by atoms with van der Waals surface area (Å²) in [6, 6.07) is 0. The summed E-state index contributed by atoms with van der Waals surface area (Å²) in [6.45, 7) is 7.26. The quantitative estimate of drug-likeness (QED) is 0.731. The van der Waals surface area contributed by atoms with Gasteiger partial charge in [0.25, 0.3) is 0 Å². The van der Waals surface area contributed by atoms with E-state index in [0.29, 0.717) is 0 Å². The molecule has 1 rings (SSSR count). The van der Waals surface area contributed by atoms with E-state index in [0.717, 1.165) is 0 Å². The molecule has 1 fully saturated rings. The van der Waals surface area contributed by atoms with Crippen LogP contribution < -0.4 is 0 Å². The molecule has 0 bridgehead atoms. The Balaban J connectivity index is 3.05. The van der Waals surface area contributed by atoms with Crippen molar-refractivity contribution in [3.05, 3.63) is 0 Å². The number of halogens is 2. The SMILES string of the molecule is CC(C)(C)[C@@]1(C)O[C@](O)(C(Cl)Cl)CC1=O. The summed E-state index contributed by atoms with van der Waals surface area (Å²) < 4.78 is 5.42. The van der Waals surface area contributed by atoms with Gasteiger partial charge in [0.2, 0.25) is 5.79 Å². The Hall–Kier alpha value is 0.170. The van der Waals surface area contributed by atoms with Crippen LogP contribution in [0.25, 0.3) is 0 Å². The molecule has 0 aromatic carbocycles. The zero-order valence-electron chi connectivity index (χ0n) is 9.30. The van der Waals surface area contributed by atoms with Crippen molar-refractivity contribution in [1.82, 2.24) is 0 Å². The van der Waals surface area contributed by atoms with Crippen molar-refractivity contribution in [3.8, 4) is 0 Å². The molecular weight excluding hydrogens is 239 g/mol. The van der Waals surface area contributed by atoms with Gasteiger partial charge in [0.05, 0.1) is 6.42 Å². The first-order chi connectivity index (χ1) is 6.53. The van der Waals surface area contributed by atoms with Gasteiger partial charge in [-0.25, -0.2) is 0 Å². The highest BCUT2D eigenvalue weighted by molar-refractivity contribution is 6.45. The minimum absolute atomic E-state index is 0.168. The van der Waals surface area contributed by atoms with Gasteiger partial charge in [0.15, 0.2) is 10.6 Å². The average Bonchev–Trinajstić information content (AvgIpc) is 2.23. The van der Waals surface area contributed by atoms with Crippen molar-refractivity contribution in [3.63, 3.8) is 0 Å². The number of alkyl halides is 2. The summed E-state index contributed by atoms with van der Waals surface area (Å²) in [5.41, 5.74) is -1.47. The van der Waals surface area contributed by atoms with Crippen LogP contribution in [0.3, 0.4) is 0 Å². The third-order valence-corrected chi connectivity index (χ3v) is 3.78. The molecule has 0 radical (unpaired) electrons. The van der Waals surface area contributed by atoms with E-state index in [9.17, 15) is 9.90 Å². The largest absolute Gasteiger partial charge is 0.363 e. The summed E-state index contributed by atoms with van der Waals surface area (Å²) in [5.74, 6) is -1.94. The van der Waals surface area contributed by atoms with Crippen LogP contribution in [0.1, 0.15) is 34.1 Å². The molecule has 0 aliphatic carbocycles. The van der Waals surface area contributed by atoms with E-state index in [-0.39, 0.29) is 12.2 Å². The van der Waals surface area contributed by atoms with Crippen LogP contribution in [0, 0.1) is 5.41 Å². The van der Waals surface area contributed by atoms with Crippen LogP contribution >= 0.6 is 23.2 Å². The van der Waals surface area contributed by atoms with E-state index in [2.05, 4.69) is 0 Å². The average molecular weight is 255 g/mol. The molecule has 1 heterocycles. The molecule has 15 heavy (non-hydrogen) atoms. The van der Waals surface area contributed by atoms with Gasteiger partial charge < -0.3 is 9.84 Å². The molecule has 2 atom stereocenters. The van der Waals surface area contributed by atoms with Gasteiger partial charge >= 0.3 is 0 Å². The number of hydrogen-bond donors (Lipinski definition) is 1. The summed E-state index contributed by atoms with van der Waals surface area (Å²) in [4.78, 5) is 10.7. The van der Waals surface area contributed by atoms with Crippen molar-refractivity contribution >= 4 is 29.0 Å². The normalized spacial score (nSPS) is 37.7. The predicted molar refractivity (Wildman–Crippen MR) is 59.0 cm³/mol. The van der Waals surface area contributed by atoms with Crippen molar-refractivity contribution in [2.24, 2.45) is 5.41 Å². The Morgan fingerprint density at radius 1 is 1.47 bits per heavy atom. The first kappa shape index (κ1) is 13.2. The first-order valence-electron chi connectivity index (χ1n) is 4.77. The number of rotatable bonds is 1. The van der Waals surface area contributed by atoms with Gasteiger partial charge in [-0.2, -0.15) is 0 Å². The van der Waals surface area contributed by atoms with Crippen LogP contribution in [0.4, 0.5) is 0 Å². The fourth-order valence-electron chi connectivity index (χ4n) is 1.54. The van der Waals surface area contributed by atoms with Crippen molar-refractivity contribution in [2.75, 3.05) is 0 Å². The van der Waals surface area contributed by atoms with Crippen molar-refractivity contribution < 1.29 is 14.6 Å². The molecule has 0 aromatic rings. The van der Waals surface area contributed by atoms with E-state index >= 15 is 0 Å². The second-order valence-corrected chi connectivity index (χ2v) is 6.23. The number of hydrogen-bond acceptors (Lipinski definition) is 3. The van der Waals surface area contributed by atoms with Crippen LogP contribution in [0.15, 0.2) is 0 Å². The zero-order chi connectivity index (χ0) is 12.1. The summed E-state index contributed by atoms with van der Waals surface area (Å²) >= 11 is 11.2. The van der Waals surface area contributed by atoms with E-state index in [1.54, 1.807) is 6.92 Å². The van der Waals surface area contributed by atoms with E-state index < -0.39 is 21.6 Å². The molecule has 1 saturated heterocycles. The molecule has 5 heteroatoms. The van der Waals surface area contributed by atoms with Gasteiger partial charge in [0, 0.05) is 0 Å². The van der Waals surface area contributed by atoms with Crippen molar-refractivity contribution in [1.29, 1.82) is 0 Å². The second-order valence-electron chi connectivity index (χ2n) is 5.13. The molecule has 0 amide bonds. The highest BCUT2D eigenvalue weighted by Crippen LogP contribution is 2.47. The van der Waals surface area contributed by atoms with Crippen LogP contribution in [0.2, 0.25) is 0 Å². The highest BCUT2D eigenvalue weighted by Gasteiger charge is 2.59. The smallest absolute Gasteiger partial charge is 0.204 e. The minimum Gasteiger partial charge on any atom is -0.363 e. The van der Waals surface area contributed by atoms with E-state index in [1.807, 2.05) is 20.8 Å². The summed E-state index contributed by atoms with van der Waals surface area (Å²) in [5, 5.41) is 9.93. The molecule has 0 saturated carbocycles. The molecule has 0 unspecified atom stereocenters. The molecular formula is C10H16Cl2O3. The van der Waals surface area contributed by atoms with Crippen LogP contribution in [-0.2, 0) is 9.53 Å². The monoisotopic (exact) mass is 254 g/mol. The highest BCUT2D eigenvalue weighted by atomic mass is 35.5. The molecule has 3 nitrogen and oxygen atoms in total. The predicted octanol–water partition coefficient (Wildman–Crippen LogP) is 2.27. The van der Waals surface area contributed by atoms with Crippen LogP contribution in [0.5, 0.6) is 0 Å². The third-order valence-electron chi connectivity index (χ3n) is 3.10. The van der Waals surface area contributed by atoms with Gasteiger partial charge in [-0.1, -0.05) is 44.0 Å². The summed E-state index contributed by atoms with van der Waals surface area (Å²) in [6.07, 6.45) is -0.168. The Morgan fingerprint density at radius 2 is 1.93 bits per heavy atom. The van der Waals surface area contributed by atoms with Crippen molar-refractivity contribution in [2.45, 2.75) is 50.3 Å². The molecule has 1 N–H and O–H groups in total. The first-order valence-corrected chi connectivity index (χ1v) is 5.64. The molecule has 0 spiro atoms.